The molecule has 1 atom stereocenters. The molecule has 3 heteroatoms. The lowest BCUT2D eigenvalue weighted by atomic mass is 10.3. The molecule has 10 heavy (non-hydrogen) atoms. The third kappa shape index (κ3) is 1.96. The molecule has 0 fully saturated rings. The Morgan fingerprint density at radius 1 is 1.60 bits per heavy atom. The van der Waals surface area contributed by atoms with Crippen molar-refractivity contribution < 1.29 is 0 Å². The van der Waals surface area contributed by atoms with Crippen LogP contribution in [0.25, 0.3) is 0 Å². The van der Waals surface area contributed by atoms with Crippen molar-refractivity contribution in [3.63, 3.8) is 0 Å². The quantitative estimate of drug-likeness (QED) is 0.663. The smallest absolute Gasteiger partial charge is 0.0589 e. The molecule has 54 valence electrons. The van der Waals surface area contributed by atoms with Crippen molar-refractivity contribution in [1.82, 2.24) is 4.98 Å². The second kappa shape index (κ2) is 3.35. The zero-order chi connectivity index (χ0) is 7.56. The Morgan fingerprint density at radius 2 is 2.30 bits per heavy atom. The number of hydrogen-bond donors (Lipinski definition) is 0. The molecule has 0 bridgehead atoms. The molecule has 0 aliphatic rings. The van der Waals surface area contributed by atoms with Gasteiger partial charge in [-0.15, -0.1) is 0 Å². The van der Waals surface area contributed by atoms with E-state index in [9.17, 15) is 0 Å². The lowest BCUT2D eigenvalue weighted by Gasteiger charge is -2.00. The van der Waals surface area contributed by atoms with Gasteiger partial charge in [0.2, 0.25) is 0 Å². The molecule has 1 rings (SSSR count). The van der Waals surface area contributed by atoms with E-state index in [1.165, 1.54) is 0 Å². The van der Waals surface area contributed by atoms with Gasteiger partial charge < -0.3 is 0 Å². The van der Waals surface area contributed by atoms with E-state index in [0.717, 1.165) is 5.69 Å². The highest BCUT2D eigenvalue weighted by molar-refractivity contribution is 9.09. The van der Waals surface area contributed by atoms with Gasteiger partial charge in [-0.1, -0.05) is 27.5 Å². The Labute approximate surface area is 73.6 Å². The van der Waals surface area contributed by atoms with Gasteiger partial charge >= 0.3 is 0 Å². The SMILES string of the molecule is CC(Br)c1ccc(Cl)cn1. The monoisotopic (exact) mass is 219 g/mol. The highest BCUT2D eigenvalue weighted by atomic mass is 79.9. The van der Waals surface area contributed by atoms with Gasteiger partial charge in [-0.25, -0.2) is 0 Å². The second-order valence-electron chi connectivity index (χ2n) is 2.02. The van der Waals surface area contributed by atoms with Gasteiger partial charge in [-0.3, -0.25) is 4.98 Å². The Hall–Kier alpha value is -0.0800. The predicted molar refractivity (Wildman–Crippen MR) is 46.6 cm³/mol. The van der Waals surface area contributed by atoms with Crippen molar-refractivity contribution >= 4 is 27.5 Å². The van der Waals surface area contributed by atoms with Gasteiger partial charge in [0.25, 0.3) is 0 Å². The van der Waals surface area contributed by atoms with Crippen LogP contribution >= 0.6 is 27.5 Å². The van der Waals surface area contributed by atoms with Gasteiger partial charge in [0, 0.05) is 6.20 Å². The molecule has 1 nitrogen and oxygen atoms in total. The first kappa shape index (κ1) is 8.02. The average molecular weight is 220 g/mol. The summed E-state index contributed by atoms with van der Waals surface area (Å²) >= 11 is 9.04. The lowest BCUT2D eigenvalue weighted by molar-refractivity contribution is 1.02. The standard InChI is InChI=1S/C7H7BrClN/c1-5(8)7-3-2-6(9)4-10-7/h2-5H,1H3. The topological polar surface area (TPSA) is 12.9 Å². The third-order valence-electron chi connectivity index (χ3n) is 1.16. The maximum absolute atomic E-state index is 5.64. The molecule has 0 aromatic carbocycles. The van der Waals surface area contributed by atoms with Gasteiger partial charge in [0.15, 0.2) is 0 Å². The van der Waals surface area contributed by atoms with Crippen LogP contribution in [-0.4, -0.2) is 4.98 Å². The van der Waals surface area contributed by atoms with Crippen molar-refractivity contribution in [3.05, 3.63) is 29.0 Å². The van der Waals surface area contributed by atoms with Crippen molar-refractivity contribution in [3.8, 4) is 0 Å². The van der Waals surface area contributed by atoms with Crippen LogP contribution in [0.5, 0.6) is 0 Å². The zero-order valence-electron chi connectivity index (χ0n) is 5.51. The Morgan fingerprint density at radius 3 is 2.70 bits per heavy atom. The molecule has 0 radical (unpaired) electrons. The maximum Gasteiger partial charge on any atom is 0.0589 e. The van der Waals surface area contributed by atoms with E-state index in [1.54, 1.807) is 6.20 Å². The van der Waals surface area contributed by atoms with Crippen molar-refractivity contribution in [2.45, 2.75) is 11.8 Å². The minimum atomic E-state index is 0.296. The number of nitrogens with zero attached hydrogens (tertiary/aromatic N) is 1. The first-order valence-corrected chi connectivity index (χ1v) is 4.25. The van der Waals surface area contributed by atoms with Crippen molar-refractivity contribution in [1.29, 1.82) is 0 Å². The summed E-state index contributed by atoms with van der Waals surface area (Å²) in [5.74, 6) is 0. The molecule has 1 aromatic rings. The summed E-state index contributed by atoms with van der Waals surface area (Å²) in [5.41, 5.74) is 1.00. The molecular weight excluding hydrogens is 213 g/mol. The van der Waals surface area contributed by atoms with Crippen LogP contribution in [0.1, 0.15) is 17.4 Å². The van der Waals surface area contributed by atoms with E-state index in [0.29, 0.717) is 9.85 Å². The number of halogens is 2. The Bertz CT molecular complexity index is 207. The van der Waals surface area contributed by atoms with E-state index in [4.69, 9.17) is 11.6 Å². The third-order valence-corrected chi connectivity index (χ3v) is 1.85. The van der Waals surface area contributed by atoms with Gasteiger partial charge in [0.1, 0.15) is 0 Å². The second-order valence-corrected chi connectivity index (χ2v) is 3.83. The fourth-order valence-corrected chi connectivity index (χ4v) is 1.01. The normalized spacial score (nSPS) is 13.1. The Kier molecular flexibility index (Phi) is 2.69. The largest absolute Gasteiger partial charge is 0.259 e. The highest BCUT2D eigenvalue weighted by Crippen LogP contribution is 2.19. The molecule has 1 aromatic heterocycles. The molecule has 1 unspecified atom stereocenters. The number of pyridine rings is 1. The van der Waals surface area contributed by atoms with E-state index in [2.05, 4.69) is 20.9 Å². The first-order valence-electron chi connectivity index (χ1n) is 2.95. The fourth-order valence-electron chi connectivity index (χ4n) is 0.623. The molecule has 0 aliphatic heterocycles. The summed E-state index contributed by atoms with van der Waals surface area (Å²) in [4.78, 5) is 4.40. The van der Waals surface area contributed by atoms with E-state index < -0.39 is 0 Å². The van der Waals surface area contributed by atoms with Crippen molar-refractivity contribution in [2.75, 3.05) is 0 Å². The molecule has 0 spiro atoms. The molecule has 0 saturated heterocycles. The van der Waals surface area contributed by atoms with E-state index >= 15 is 0 Å². The van der Waals surface area contributed by atoms with Crippen LogP contribution in [-0.2, 0) is 0 Å². The van der Waals surface area contributed by atoms with Gasteiger partial charge in [0.05, 0.1) is 15.5 Å². The van der Waals surface area contributed by atoms with Crippen LogP contribution in [0.3, 0.4) is 0 Å². The average Bonchev–Trinajstić information content (AvgIpc) is 1.88. The summed E-state index contributed by atoms with van der Waals surface area (Å²) in [6.45, 7) is 2.02. The maximum atomic E-state index is 5.64. The predicted octanol–water partition coefficient (Wildman–Crippen LogP) is 3.19. The molecule has 0 amide bonds. The summed E-state index contributed by atoms with van der Waals surface area (Å²) < 4.78 is 0. The number of alkyl halides is 1. The summed E-state index contributed by atoms with van der Waals surface area (Å²) in [6, 6.07) is 3.74. The number of hydrogen-bond acceptors (Lipinski definition) is 1. The van der Waals surface area contributed by atoms with E-state index in [1.807, 2.05) is 19.1 Å². The summed E-state index contributed by atoms with van der Waals surface area (Å²) in [5, 5.41) is 0.678. The van der Waals surface area contributed by atoms with Crippen LogP contribution in [0.2, 0.25) is 5.02 Å². The fraction of sp³-hybridized carbons (Fsp3) is 0.286. The lowest BCUT2D eigenvalue weighted by Crippen LogP contribution is -1.86. The summed E-state index contributed by atoms with van der Waals surface area (Å²) in [6.07, 6.45) is 1.65. The minimum absolute atomic E-state index is 0.296. The summed E-state index contributed by atoms with van der Waals surface area (Å²) in [7, 11) is 0. The van der Waals surface area contributed by atoms with Crippen LogP contribution < -0.4 is 0 Å². The van der Waals surface area contributed by atoms with E-state index in [-0.39, 0.29) is 0 Å². The number of aromatic nitrogens is 1. The molecule has 1 heterocycles. The Balaban J connectivity index is 2.89. The van der Waals surface area contributed by atoms with Gasteiger partial charge in [-0.2, -0.15) is 0 Å². The molecule has 0 aliphatic carbocycles. The van der Waals surface area contributed by atoms with Crippen LogP contribution in [0.15, 0.2) is 18.3 Å². The van der Waals surface area contributed by atoms with Crippen molar-refractivity contribution in [2.24, 2.45) is 0 Å². The van der Waals surface area contributed by atoms with Crippen LogP contribution in [0, 0.1) is 0 Å². The molecule has 0 saturated carbocycles. The molecular formula is C7H7BrClN. The highest BCUT2D eigenvalue weighted by Gasteiger charge is 1.99. The zero-order valence-corrected chi connectivity index (χ0v) is 7.85. The van der Waals surface area contributed by atoms with Crippen LogP contribution in [0.4, 0.5) is 0 Å². The van der Waals surface area contributed by atoms with Gasteiger partial charge in [-0.05, 0) is 19.1 Å². The minimum Gasteiger partial charge on any atom is -0.259 e. The first-order chi connectivity index (χ1) is 4.70. The number of rotatable bonds is 1. The molecule has 0 N–H and O–H groups in total.